The van der Waals surface area contributed by atoms with Gasteiger partial charge in [0.25, 0.3) is 0 Å². The van der Waals surface area contributed by atoms with Crippen LogP contribution in [0.25, 0.3) is 0 Å². The normalized spacial score (nSPS) is 18.5. The molecule has 1 atom stereocenters. The molecule has 0 fully saturated rings. The molecule has 0 amide bonds. The maximum absolute atomic E-state index is 11.2. The third-order valence-electron chi connectivity index (χ3n) is 3.98. The Balaban J connectivity index is 2.15. The van der Waals surface area contributed by atoms with Crippen LogP contribution in [0, 0.1) is 0 Å². The zero-order valence-corrected chi connectivity index (χ0v) is 14.3. The zero-order valence-electron chi connectivity index (χ0n) is 11.9. The molecule has 0 saturated heterocycles. The van der Waals surface area contributed by atoms with Crippen LogP contribution in [0.1, 0.15) is 22.6 Å². The molecule has 2 aromatic rings. The van der Waals surface area contributed by atoms with E-state index in [-0.39, 0.29) is 5.92 Å². The minimum absolute atomic E-state index is 0.0554. The first kappa shape index (κ1) is 15.8. The lowest BCUT2D eigenvalue weighted by atomic mass is 9.85. The average molecular weight is 356 g/mol. The highest BCUT2D eigenvalue weighted by molar-refractivity contribution is 7.72. The van der Waals surface area contributed by atoms with E-state index in [1.807, 2.05) is 19.2 Å². The summed E-state index contributed by atoms with van der Waals surface area (Å²) < 4.78 is 22.5. The first-order valence-electron chi connectivity index (χ1n) is 6.86. The third kappa shape index (κ3) is 3.01. The van der Waals surface area contributed by atoms with Crippen molar-refractivity contribution in [2.24, 2.45) is 0 Å². The standard InChI is InChI=1S/C16H15Cl2NO2S/c1-19-8-14(10-3-2-4-12(5-10)22(20)21)13-6-11(17)7-16(18)15(13)9-19/h2-7,14,22H,8-9H2,1H3/t14-/m0/s1. The van der Waals surface area contributed by atoms with Crippen LogP contribution in [0.4, 0.5) is 0 Å². The summed E-state index contributed by atoms with van der Waals surface area (Å²) in [5, 5.41) is 1.26. The van der Waals surface area contributed by atoms with Gasteiger partial charge in [-0.25, -0.2) is 8.42 Å². The Morgan fingerprint density at radius 1 is 1.18 bits per heavy atom. The lowest BCUT2D eigenvalue weighted by molar-refractivity contribution is 0.295. The lowest BCUT2D eigenvalue weighted by Crippen LogP contribution is -2.31. The number of rotatable bonds is 2. The highest BCUT2D eigenvalue weighted by atomic mass is 35.5. The number of halogens is 2. The lowest BCUT2D eigenvalue weighted by Gasteiger charge is -2.33. The molecule has 1 heterocycles. The summed E-state index contributed by atoms with van der Waals surface area (Å²) in [5.41, 5.74) is 3.10. The molecule has 22 heavy (non-hydrogen) atoms. The molecule has 3 rings (SSSR count). The molecular weight excluding hydrogens is 341 g/mol. The summed E-state index contributed by atoms with van der Waals surface area (Å²) in [6.07, 6.45) is 0. The number of nitrogens with zero attached hydrogens (tertiary/aromatic N) is 1. The van der Waals surface area contributed by atoms with E-state index in [1.54, 1.807) is 24.3 Å². The van der Waals surface area contributed by atoms with E-state index in [0.717, 1.165) is 29.8 Å². The first-order valence-corrected chi connectivity index (χ1v) is 8.80. The average Bonchev–Trinajstić information content (AvgIpc) is 2.47. The molecule has 0 aliphatic carbocycles. The molecule has 3 nitrogen and oxygen atoms in total. The predicted octanol–water partition coefficient (Wildman–Crippen LogP) is 3.54. The van der Waals surface area contributed by atoms with Gasteiger partial charge in [-0.3, -0.25) is 0 Å². The highest BCUT2D eigenvalue weighted by Crippen LogP contribution is 2.38. The van der Waals surface area contributed by atoms with Gasteiger partial charge >= 0.3 is 0 Å². The largest absolute Gasteiger partial charge is 0.301 e. The van der Waals surface area contributed by atoms with Crippen molar-refractivity contribution in [3.05, 3.63) is 63.1 Å². The quantitative estimate of drug-likeness (QED) is 0.837. The van der Waals surface area contributed by atoms with Crippen molar-refractivity contribution in [2.75, 3.05) is 13.6 Å². The van der Waals surface area contributed by atoms with Crippen LogP contribution in [0.5, 0.6) is 0 Å². The topological polar surface area (TPSA) is 37.4 Å². The maximum Gasteiger partial charge on any atom is 0.168 e. The Morgan fingerprint density at radius 2 is 1.95 bits per heavy atom. The molecule has 0 N–H and O–H groups in total. The van der Waals surface area contributed by atoms with E-state index in [9.17, 15) is 8.42 Å². The summed E-state index contributed by atoms with van der Waals surface area (Å²) in [7, 11) is -0.563. The fourth-order valence-corrected chi connectivity index (χ4v) is 4.02. The Labute approximate surface area is 141 Å². The number of hydrogen-bond acceptors (Lipinski definition) is 3. The summed E-state index contributed by atoms with van der Waals surface area (Å²) in [4.78, 5) is 2.51. The number of benzene rings is 2. The van der Waals surface area contributed by atoms with Crippen molar-refractivity contribution in [3.63, 3.8) is 0 Å². The van der Waals surface area contributed by atoms with Crippen molar-refractivity contribution in [2.45, 2.75) is 17.4 Å². The Bertz CT molecular complexity index is 797. The molecule has 0 spiro atoms. The van der Waals surface area contributed by atoms with E-state index < -0.39 is 10.7 Å². The summed E-state index contributed by atoms with van der Waals surface area (Å²) in [6, 6.07) is 10.7. The van der Waals surface area contributed by atoms with Crippen molar-refractivity contribution >= 4 is 33.9 Å². The molecule has 0 aromatic heterocycles. The third-order valence-corrected chi connectivity index (χ3v) is 5.23. The predicted molar refractivity (Wildman–Crippen MR) is 89.7 cm³/mol. The van der Waals surface area contributed by atoms with Gasteiger partial charge in [0.1, 0.15) is 0 Å². The van der Waals surface area contributed by atoms with Crippen LogP contribution >= 0.6 is 23.2 Å². The van der Waals surface area contributed by atoms with Gasteiger partial charge in [-0.2, -0.15) is 0 Å². The Hall–Kier alpha value is -1.07. The summed E-state index contributed by atoms with van der Waals surface area (Å²) in [6.45, 7) is 1.56. The second-order valence-corrected chi connectivity index (χ2v) is 7.43. The summed E-state index contributed by atoms with van der Waals surface area (Å²) >= 11 is 12.5. The van der Waals surface area contributed by atoms with Crippen LogP contribution < -0.4 is 0 Å². The molecule has 0 saturated carbocycles. The van der Waals surface area contributed by atoms with Gasteiger partial charge in [-0.15, -0.1) is 0 Å². The van der Waals surface area contributed by atoms with E-state index >= 15 is 0 Å². The fourth-order valence-electron chi connectivity index (χ4n) is 2.99. The van der Waals surface area contributed by atoms with Gasteiger partial charge in [0.2, 0.25) is 0 Å². The minimum atomic E-state index is -2.59. The second kappa shape index (κ2) is 6.20. The van der Waals surface area contributed by atoms with Crippen LogP contribution in [-0.4, -0.2) is 26.9 Å². The molecule has 2 aromatic carbocycles. The first-order chi connectivity index (χ1) is 10.5. The molecule has 6 heteroatoms. The number of likely N-dealkylation sites (N-methyl/N-ethyl adjacent to an activating group) is 1. The number of hydrogen-bond donors (Lipinski definition) is 1. The zero-order chi connectivity index (χ0) is 15.9. The van der Waals surface area contributed by atoms with Crippen molar-refractivity contribution in [1.82, 2.24) is 4.90 Å². The van der Waals surface area contributed by atoms with Gasteiger partial charge in [-0.1, -0.05) is 35.3 Å². The molecule has 0 unspecified atom stereocenters. The molecular formula is C16H15Cl2NO2S. The van der Waals surface area contributed by atoms with E-state index in [4.69, 9.17) is 23.2 Å². The molecule has 0 bridgehead atoms. The summed E-state index contributed by atoms with van der Waals surface area (Å²) in [5.74, 6) is 0.0554. The van der Waals surface area contributed by atoms with Crippen molar-refractivity contribution < 1.29 is 8.42 Å². The van der Waals surface area contributed by atoms with Crippen LogP contribution in [0.3, 0.4) is 0 Å². The number of thiol groups is 1. The molecule has 1 aliphatic heterocycles. The van der Waals surface area contributed by atoms with E-state index in [2.05, 4.69) is 4.90 Å². The smallest absolute Gasteiger partial charge is 0.168 e. The highest BCUT2D eigenvalue weighted by Gasteiger charge is 2.27. The molecule has 0 radical (unpaired) electrons. The van der Waals surface area contributed by atoms with Gasteiger partial charge < -0.3 is 4.90 Å². The molecule has 116 valence electrons. The number of fused-ring (bicyclic) bond motifs is 1. The van der Waals surface area contributed by atoms with Crippen LogP contribution in [0.2, 0.25) is 10.0 Å². The fraction of sp³-hybridized carbons (Fsp3) is 0.250. The van der Waals surface area contributed by atoms with Gasteiger partial charge in [0.15, 0.2) is 10.7 Å². The monoisotopic (exact) mass is 355 g/mol. The van der Waals surface area contributed by atoms with Gasteiger partial charge in [0.05, 0.1) is 4.90 Å². The Morgan fingerprint density at radius 3 is 2.68 bits per heavy atom. The maximum atomic E-state index is 11.2. The van der Waals surface area contributed by atoms with E-state index in [1.165, 1.54) is 0 Å². The van der Waals surface area contributed by atoms with Crippen molar-refractivity contribution in [3.8, 4) is 0 Å². The van der Waals surface area contributed by atoms with Crippen LogP contribution in [-0.2, 0) is 17.2 Å². The SMILES string of the molecule is CN1Cc2c(Cl)cc(Cl)cc2[C@H](c2cccc([SH](=O)=O)c2)C1. The van der Waals surface area contributed by atoms with Crippen molar-refractivity contribution in [1.29, 1.82) is 0 Å². The minimum Gasteiger partial charge on any atom is -0.301 e. The Kier molecular flexibility index (Phi) is 4.46. The van der Waals surface area contributed by atoms with E-state index in [0.29, 0.717) is 14.9 Å². The second-order valence-electron chi connectivity index (χ2n) is 5.56. The van der Waals surface area contributed by atoms with Crippen LogP contribution in [0.15, 0.2) is 41.3 Å². The molecule has 1 aliphatic rings. The van der Waals surface area contributed by atoms with Gasteiger partial charge in [-0.05, 0) is 48.0 Å². The van der Waals surface area contributed by atoms with Gasteiger partial charge in [0, 0.05) is 29.1 Å².